The average molecular weight is 503 g/mol. The van der Waals surface area contributed by atoms with Gasteiger partial charge in [-0.3, -0.25) is 4.79 Å². The molecule has 182 valence electrons. The Kier molecular flexibility index (Phi) is 6.00. The number of carbonyl (C=O) groups is 1. The highest BCUT2D eigenvalue weighted by Crippen LogP contribution is 2.35. The van der Waals surface area contributed by atoms with Crippen molar-refractivity contribution in [3.05, 3.63) is 65.9 Å². The predicted molar refractivity (Wildman–Crippen MR) is 138 cm³/mol. The summed E-state index contributed by atoms with van der Waals surface area (Å²) in [7, 11) is 0. The van der Waals surface area contributed by atoms with Crippen molar-refractivity contribution in [1.82, 2.24) is 20.3 Å². The van der Waals surface area contributed by atoms with E-state index < -0.39 is 6.04 Å². The van der Waals surface area contributed by atoms with Gasteiger partial charge >= 0.3 is 0 Å². The summed E-state index contributed by atoms with van der Waals surface area (Å²) in [5.41, 5.74) is 3.63. The molecule has 2 aliphatic heterocycles. The molecule has 2 aromatic heterocycles. The lowest BCUT2D eigenvalue weighted by Crippen LogP contribution is -2.57. The molecule has 9 nitrogen and oxygen atoms in total. The number of amides is 1. The van der Waals surface area contributed by atoms with Gasteiger partial charge in [0, 0.05) is 35.9 Å². The van der Waals surface area contributed by atoms with Crippen LogP contribution in [0.3, 0.4) is 0 Å². The van der Waals surface area contributed by atoms with Crippen LogP contribution >= 0.6 is 11.6 Å². The second-order valence-corrected chi connectivity index (χ2v) is 8.97. The summed E-state index contributed by atoms with van der Waals surface area (Å²) in [5.74, 6) is 1.89. The molecule has 0 spiro atoms. The molecule has 0 bridgehead atoms. The number of hydrogen-bond acceptors (Lipinski definition) is 8. The molecule has 4 heterocycles. The topological polar surface area (TPSA) is 102 Å². The molecule has 0 saturated carbocycles. The third-order valence-corrected chi connectivity index (χ3v) is 6.45. The van der Waals surface area contributed by atoms with Crippen LogP contribution in [0.15, 0.2) is 60.9 Å². The van der Waals surface area contributed by atoms with Gasteiger partial charge in [0.15, 0.2) is 17.3 Å². The molecule has 0 radical (unpaired) electrons. The minimum atomic E-state index is -0.490. The predicted octanol–water partition coefficient (Wildman–Crippen LogP) is 3.53. The SMILES string of the molecule is O=C(Nc1cccc(Cl)c1)C1CNCCN1c1ncnc2ccc(-c3ccc4c(c3)OCCO4)nc12. The van der Waals surface area contributed by atoms with Gasteiger partial charge in [-0.05, 0) is 48.5 Å². The summed E-state index contributed by atoms with van der Waals surface area (Å²) in [6.07, 6.45) is 1.51. The van der Waals surface area contributed by atoms with Gasteiger partial charge in [-0.2, -0.15) is 0 Å². The summed E-state index contributed by atoms with van der Waals surface area (Å²) in [4.78, 5) is 29.2. The number of carbonyl (C=O) groups excluding carboxylic acids is 1. The molecule has 6 rings (SSSR count). The van der Waals surface area contributed by atoms with Crippen molar-refractivity contribution >= 4 is 40.0 Å². The maximum Gasteiger partial charge on any atom is 0.248 e. The van der Waals surface area contributed by atoms with Crippen LogP contribution in [0.2, 0.25) is 5.02 Å². The van der Waals surface area contributed by atoms with Crippen LogP contribution in [-0.2, 0) is 4.79 Å². The van der Waals surface area contributed by atoms with Gasteiger partial charge in [0.2, 0.25) is 5.91 Å². The number of halogens is 1. The van der Waals surface area contributed by atoms with Crippen LogP contribution in [0.5, 0.6) is 11.5 Å². The minimum absolute atomic E-state index is 0.154. The smallest absolute Gasteiger partial charge is 0.248 e. The monoisotopic (exact) mass is 502 g/mol. The van der Waals surface area contributed by atoms with Crippen LogP contribution in [0.4, 0.5) is 11.5 Å². The van der Waals surface area contributed by atoms with Gasteiger partial charge in [0.05, 0.1) is 11.2 Å². The fourth-order valence-corrected chi connectivity index (χ4v) is 4.68. The average Bonchev–Trinajstić information content (AvgIpc) is 2.92. The number of rotatable bonds is 4. The van der Waals surface area contributed by atoms with Crippen molar-refractivity contribution in [2.45, 2.75) is 6.04 Å². The van der Waals surface area contributed by atoms with E-state index in [9.17, 15) is 4.79 Å². The second kappa shape index (κ2) is 9.60. The minimum Gasteiger partial charge on any atom is -0.486 e. The number of nitrogens with one attached hydrogen (secondary N) is 2. The lowest BCUT2D eigenvalue weighted by molar-refractivity contribution is -0.117. The van der Waals surface area contributed by atoms with E-state index in [1.54, 1.807) is 18.2 Å². The molecule has 2 N–H and O–H groups in total. The standard InChI is InChI=1S/C26H23ClN6O3/c27-17-2-1-3-18(13-17)31-26(34)21-14-28-8-9-33(21)25-24-20(29-15-30-25)6-5-19(32-24)16-4-7-22-23(12-16)36-11-10-35-22/h1-7,12-13,15,21,28H,8-11,14H2,(H,31,34). The van der Waals surface area contributed by atoms with E-state index in [-0.39, 0.29) is 5.91 Å². The number of anilines is 2. The quantitative estimate of drug-likeness (QED) is 0.437. The zero-order valence-corrected chi connectivity index (χ0v) is 20.0. The van der Waals surface area contributed by atoms with Gasteiger partial charge in [-0.1, -0.05) is 17.7 Å². The molecule has 1 saturated heterocycles. The fourth-order valence-electron chi connectivity index (χ4n) is 4.48. The molecule has 36 heavy (non-hydrogen) atoms. The van der Waals surface area contributed by atoms with Crippen LogP contribution in [0, 0.1) is 0 Å². The normalized spacial score (nSPS) is 17.1. The van der Waals surface area contributed by atoms with Crippen LogP contribution in [0.1, 0.15) is 0 Å². The van der Waals surface area contributed by atoms with E-state index in [2.05, 4.69) is 20.6 Å². The highest BCUT2D eigenvalue weighted by molar-refractivity contribution is 6.30. The van der Waals surface area contributed by atoms with E-state index in [1.165, 1.54) is 6.33 Å². The Morgan fingerprint density at radius 2 is 1.94 bits per heavy atom. The van der Waals surface area contributed by atoms with Gasteiger partial charge in [0.25, 0.3) is 0 Å². The first-order valence-corrected chi connectivity index (χ1v) is 12.1. The Morgan fingerprint density at radius 3 is 2.83 bits per heavy atom. The Morgan fingerprint density at radius 1 is 1.06 bits per heavy atom. The number of hydrogen-bond donors (Lipinski definition) is 2. The highest BCUT2D eigenvalue weighted by Gasteiger charge is 2.31. The van der Waals surface area contributed by atoms with Gasteiger partial charge in [-0.15, -0.1) is 0 Å². The lowest BCUT2D eigenvalue weighted by atomic mass is 10.1. The summed E-state index contributed by atoms with van der Waals surface area (Å²) in [6, 6.07) is 16.2. The molecular formula is C26H23ClN6O3. The van der Waals surface area contributed by atoms with Crippen LogP contribution in [-0.4, -0.2) is 59.7 Å². The molecule has 1 amide bonds. The third kappa shape index (κ3) is 4.38. The Bertz CT molecular complexity index is 1450. The van der Waals surface area contributed by atoms with E-state index in [4.69, 9.17) is 26.1 Å². The summed E-state index contributed by atoms with van der Waals surface area (Å²) in [6.45, 7) is 2.84. The zero-order chi connectivity index (χ0) is 24.5. The molecule has 10 heteroatoms. The van der Waals surface area contributed by atoms with E-state index in [0.29, 0.717) is 66.2 Å². The zero-order valence-electron chi connectivity index (χ0n) is 19.3. The van der Waals surface area contributed by atoms with Crippen molar-refractivity contribution in [2.75, 3.05) is 43.1 Å². The maximum absolute atomic E-state index is 13.3. The number of piperazine rings is 1. The number of benzene rings is 2. The largest absolute Gasteiger partial charge is 0.486 e. The number of ether oxygens (including phenoxy) is 2. The van der Waals surface area contributed by atoms with E-state index in [1.807, 2.05) is 41.3 Å². The number of fused-ring (bicyclic) bond motifs is 2. The van der Waals surface area contributed by atoms with Crippen molar-refractivity contribution in [2.24, 2.45) is 0 Å². The van der Waals surface area contributed by atoms with Crippen LogP contribution in [0.25, 0.3) is 22.3 Å². The molecule has 1 fully saturated rings. The van der Waals surface area contributed by atoms with Crippen molar-refractivity contribution in [1.29, 1.82) is 0 Å². The molecule has 1 unspecified atom stereocenters. The van der Waals surface area contributed by atoms with Gasteiger partial charge in [-0.25, -0.2) is 15.0 Å². The fraction of sp³-hybridized carbons (Fsp3) is 0.231. The lowest BCUT2D eigenvalue weighted by Gasteiger charge is -2.36. The summed E-state index contributed by atoms with van der Waals surface area (Å²) < 4.78 is 11.4. The summed E-state index contributed by atoms with van der Waals surface area (Å²) >= 11 is 6.09. The van der Waals surface area contributed by atoms with E-state index >= 15 is 0 Å². The molecule has 2 aromatic carbocycles. The van der Waals surface area contributed by atoms with Crippen molar-refractivity contribution in [3.8, 4) is 22.8 Å². The molecular weight excluding hydrogens is 480 g/mol. The molecule has 1 atom stereocenters. The maximum atomic E-state index is 13.3. The number of nitrogens with zero attached hydrogens (tertiary/aromatic N) is 4. The Balaban J connectivity index is 1.35. The first-order valence-electron chi connectivity index (χ1n) is 11.7. The first kappa shape index (κ1) is 22.5. The molecule has 4 aromatic rings. The van der Waals surface area contributed by atoms with Crippen molar-refractivity contribution < 1.29 is 14.3 Å². The summed E-state index contributed by atoms with van der Waals surface area (Å²) in [5, 5.41) is 6.84. The van der Waals surface area contributed by atoms with Crippen LogP contribution < -0.4 is 25.0 Å². The Hall–Kier alpha value is -3.95. The number of aromatic nitrogens is 3. The van der Waals surface area contributed by atoms with Gasteiger partial charge < -0.3 is 25.0 Å². The third-order valence-electron chi connectivity index (χ3n) is 6.21. The molecule has 2 aliphatic rings. The van der Waals surface area contributed by atoms with Crippen molar-refractivity contribution in [3.63, 3.8) is 0 Å². The molecule has 0 aliphatic carbocycles. The number of pyridine rings is 1. The second-order valence-electron chi connectivity index (χ2n) is 8.53. The first-order chi connectivity index (χ1) is 17.7. The highest BCUT2D eigenvalue weighted by atomic mass is 35.5. The Labute approximate surface area is 212 Å². The van der Waals surface area contributed by atoms with Gasteiger partial charge in [0.1, 0.15) is 31.1 Å². The van der Waals surface area contributed by atoms with E-state index in [0.717, 1.165) is 17.0 Å².